The van der Waals surface area contributed by atoms with Gasteiger partial charge in [-0.3, -0.25) is 48.9 Å². The number of hydrogen-bond donors (Lipinski definition) is 3. The van der Waals surface area contributed by atoms with Crippen molar-refractivity contribution in [2.24, 2.45) is 0 Å². The Morgan fingerprint density at radius 3 is 1.44 bits per heavy atom. The predicted molar refractivity (Wildman–Crippen MR) is 166 cm³/mol. The summed E-state index contributed by atoms with van der Waals surface area (Å²) in [5.41, 5.74) is 0.226. The average molecular weight is 816 g/mol. The summed E-state index contributed by atoms with van der Waals surface area (Å²) < 4.78 is 5.33. The molecular formula is C30H38GdN6O11. The maximum atomic E-state index is 13.8. The number of anilines is 1. The number of esters is 1. The standard InChI is InChI=1S/C30H38N6O11.Gd/c37-26(35(23-4-2-1-3-5-23)22-30(44)47-25-8-6-24(7-9-25)36(45)46)18-31-10-12-32(19-27(38)39)14-16-34(21-29(42)43)17-15-33(13-11-31)20-28(40)41;/h1-9H,10-22H2,(H,38,39)(H,40,41)(H,42,43);. The van der Waals surface area contributed by atoms with E-state index in [9.17, 15) is 49.4 Å². The zero-order valence-electron chi connectivity index (χ0n) is 26.0. The summed E-state index contributed by atoms with van der Waals surface area (Å²) in [6.07, 6.45) is 0. The molecule has 1 amide bonds. The summed E-state index contributed by atoms with van der Waals surface area (Å²) in [6, 6.07) is 13.3. The SMILES string of the molecule is O=C(O)CN1CCN(CC(=O)O)CCN(CC(=O)N(CC(=O)Oc2ccc([N+](=O)[O-])cc2)c2ccccc2)CCN(CC(=O)O)CC1.[Gd]. The van der Waals surface area contributed by atoms with Gasteiger partial charge < -0.3 is 25.0 Å². The molecule has 0 spiro atoms. The fourth-order valence-corrected chi connectivity index (χ4v) is 4.92. The van der Waals surface area contributed by atoms with Crippen molar-refractivity contribution in [3.05, 3.63) is 64.7 Å². The van der Waals surface area contributed by atoms with Crippen molar-refractivity contribution in [3.8, 4) is 5.75 Å². The van der Waals surface area contributed by atoms with Gasteiger partial charge in [-0.2, -0.15) is 0 Å². The van der Waals surface area contributed by atoms with Crippen molar-refractivity contribution in [3.63, 3.8) is 0 Å². The Morgan fingerprint density at radius 1 is 0.667 bits per heavy atom. The van der Waals surface area contributed by atoms with E-state index in [0.29, 0.717) is 5.69 Å². The van der Waals surface area contributed by atoms with Crippen LogP contribution in [0.2, 0.25) is 0 Å². The average Bonchev–Trinajstić information content (AvgIpc) is 3.01. The van der Waals surface area contributed by atoms with E-state index < -0.39 is 41.3 Å². The summed E-state index contributed by atoms with van der Waals surface area (Å²) in [5, 5.41) is 39.2. The van der Waals surface area contributed by atoms with Crippen molar-refractivity contribution in [2.75, 3.05) is 90.0 Å². The van der Waals surface area contributed by atoms with Gasteiger partial charge in [-0.15, -0.1) is 0 Å². The molecule has 1 aliphatic rings. The first kappa shape index (κ1) is 40.5. The molecule has 0 aromatic heterocycles. The minimum atomic E-state index is -1.07. The number of carbonyl (C=O) groups excluding carboxylic acids is 2. The number of carbonyl (C=O) groups is 5. The molecular weight excluding hydrogens is 778 g/mol. The van der Waals surface area contributed by atoms with E-state index in [1.807, 2.05) is 0 Å². The Balaban J connectivity index is 0.00000800. The van der Waals surface area contributed by atoms with E-state index in [2.05, 4.69) is 0 Å². The molecule has 2 aromatic rings. The molecule has 18 heteroatoms. The maximum Gasteiger partial charge on any atom is 0.331 e. The van der Waals surface area contributed by atoms with Crippen LogP contribution >= 0.6 is 0 Å². The number of nitrogens with zero attached hydrogens (tertiary/aromatic N) is 6. The van der Waals surface area contributed by atoms with Gasteiger partial charge >= 0.3 is 23.9 Å². The molecule has 0 aliphatic carbocycles. The van der Waals surface area contributed by atoms with E-state index in [1.165, 1.54) is 29.2 Å². The van der Waals surface area contributed by atoms with Crippen LogP contribution in [0.5, 0.6) is 5.75 Å². The number of hydrogen-bond acceptors (Lipinski definition) is 12. The molecule has 0 saturated carbocycles. The number of benzene rings is 2. The Bertz CT molecular complexity index is 1370. The van der Waals surface area contributed by atoms with Crippen LogP contribution in [0.15, 0.2) is 54.6 Å². The van der Waals surface area contributed by atoms with Crippen LogP contribution in [0.4, 0.5) is 11.4 Å². The van der Waals surface area contributed by atoms with Gasteiger partial charge in [-0.25, -0.2) is 4.79 Å². The molecule has 0 radical (unpaired) electrons. The monoisotopic (exact) mass is 816 g/mol. The molecule has 1 aliphatic heterocycles. The van der Waals surface area contributed by atoms with Gasteiger partial charge in [-0.05, 0) is 24.3 Å². The molecule has 262 valence electrons. The van der Waals surface area contributed by atoms with Crippen molar-refractivity contribution < 1.29 is 88.9 Å². The van der Waals surface area contributed by atoms with E-state index in [4.69, 9.17) is 4.74 Å². The first-order chi connectivity index (χ1) is 22.4. The normalized spacial score (nSPS) is 15.6. The molecule has 3 N–H and O–H groups in total. The fraction of sp³-hybridized carbons (Fsp3) is 0.433. The Labute approximate surface area is 308 Å². The van der Waals surface area contributed by atoms with Gasteiger partial charge in [0, 0.05) is 110 Å². The van der Waals surface area contributed by atoms with Crippen molar-refractivity contribution >= 4 is 41.2 Å². The number of carboxylic acids is 3. The summed E-state index contributed by atoms with van der Waals surface area (Å²) >= 11 is 0. The summed E-state index contributed by atoms with van der Waals surface area (Å²) in [6.45, 7) is 0.201. The van der Waals surface area contributed by atoms with E-state index in [0.717, 1.165) is 0 Å². The number of aliphatic carboxylic acids is 3. The van der Waals surface area contributed by atoms with Crippen molar-refractivity contribution in [1.82, 2.24) is 19.6 Å². The number of ether oxygens (including phenoxy) is 1. The number of carboxylic acid groups (broad SMARTS) is 3. The summed E-state index contributed by atoms with van der Waals surface area (Å²) in [5.74, 6) is -4.42. The molecule has 1 fully saturated rings. The second-order valence-electron chi connectivity index (χ2n) is 10.8. The fourth-order valence-electron chi connectivity index (χ4n) is 4.92. The Morgan fingerprint density at radius 2 is 1.06 bits per heavy atom. The quantitative estimate of drug-likeness (QED) is 0.105. The molecule has 1 saturated heterocycles. The third kappa shape index (κ3) is 14.6. The van der Waals surface area contributed by atoms with E-state index in [1.54, 1.807) is 49.9 Å². The van der Waals surface area contributed by atoms with E-state index in [-0.39, 0.29) is 130 Å². The van der Waals surface area contributed by atoms with Crippen LogP contribution < -0.4 is 9.64 Å². The molecule has 0 atom stereocenters. The van der Waals surface area contributed by atoms with Gasteiger partial charge in [0.15, 0.2) is 0 Å². The Kier molecular flexibility index (Phi) is 17.4. The van der Waals surface area contributed by atoms with E-state index >= 15 is 0 Å². The first-order valence-electron chi connectivity index (χ1n) is 14.7. The minimum Gasteiger partial charge on any atom is -0.480 e. The number of rotatable bonds is 13. The first-order valence-corrected chi connectivity index (χ1v) is 14.7. The number of non-ortho nitro benzene ring substituents is 1. The molecule has 0 bridgehead atoms. The van der Waals surface area contributed by atoms with Gasteiger partial charge in [0.1, 0.15) is 12.3 Å². The zero-order valence-corrected chi connectivity index (χ0v) is 28.3. The molecule has 48 heavy (non-hydrogen) atoms. The van der Waals surface area contributed by atoms with Crippen LogP contribution in [0.3, 0.4) is 0 Å². The summed E-state index contributed by atoms with van der Waals surface area (Å²) in [4.78, 5) is 79.5. The van der Waals surface area contributed by atoms with Gasteiger partial charge in [-0.1, -0.05) is 18.2 Å². The van der Waals surface area contributed by atoms with Crippen LogP contribution in [0.1, 0.15) is 0 Å². The van der Waals surface area contributed by atoms with Crippen LogP contribution in [-0.2, 0) is 24.0 Å². The number of para-hydroxylation sites is 1. The molecule has 0 unspecified atom stereocenters. The Hall–Kier alpha value is -3.65. The van der Waals surface area contributed by atoms with Gasteiger partial charge in [0.2, 0.25) is 5.91 Å². The third-order valence-electron chi connectivity index (χ3n) is 7.30. The maximum absolute atomic E-state index is 13.8. The minimum absolute atomic E-state index is 0. The van der Waals surface area contributed by atoms with Gasteiger partial charge in [0.25, 0.3) is 5.69 Å². The number of nitro groups is 1. The molecule has 2 aromatic carbocycles. The smallest absolute Gasteiger partial charge is 0.331 e. The second-order valence-corrected chi connectivity index (χ2v) is 10.8. The number of amides is 1. The third-order valence-corrected chi connectivity index (χ3v) is 7.30. The van der Waals surface area contributed by atoms with Crippen molar-refractivity contribution in [2.45, 2.75) is 0 Å². The zero-order chi connectivity index (χ0) is 34.3. The van der Waals surface area contributed by atoms with Crippen molar-refractivity contribution in [1.29, 1.82) is 0 Å². The molecule has 3 rings (SSSR count). The van der Waals surface area contributed by atoms with Gasteiger partial charge in [0.05, 0.1) is 31.1 Å². The largest absolute Gasteiger partial charge is 0.480 e. The van der Waals surface area contributed by atoms with Crippen LogP contribution in [0.25, 0.3) is 0 Å². The molecule has 17 nitrogen and oxygen atoms in total. The van der Waals surface area contributed by atoms with Crippen LogP contribution in [0, 0.1) is 50.1 Å². The molecule has 1 heterocycles. The number of nitro benzene ring substituents is 1. The topological polar surface area (TPSA) is 215 Å². The summed E-state index contributed by atoms with van der Waals surface area (Å²) in [7, 11) is 0. The predicted octanol–water partition coefficient (Wildman–Crippen LogP) is 0.00880. The second kappa shape index (κ2) is 20.7. The van der Waals surface area contributed by atoms with Crippen LogP contribution in [-0.4, -0.2) is 155 Å².